The van der Waals surface area contributed by atoms with Crippen molar-refractivity contribution in [2.75, 3.05) is 27.3 Å². The molecule has 3 rings (SSSR count). The van der Waals surface area contributed by atoms with Gasteiger partial charge in [0.25, 0.3) is 0 Å². The average molecular weight is 369 g/mol. The van der Waals surface area contributed by atoms with Crippen molar-refractivity contribution in [3.63, 3.8) is 0 Å². The van der Waals surface area contributed by atoms with Crippen LogP contribution in [0.2, 0.25) is 0 Å². The van der Waals surface area contributed by atoms with Gasteiger partial charge in [0.05, 0.1) is 20.3 Å². The SMILES string of the molecule is CCOc1ccc(CNC(=NC)NCC2Cc3ccccc3O2)cc1OC. The van der Waals surface area contributed by atoms with Crippen LogP contribution in [0, 0.1) is 0 Å². The van der Waals surface area contributed by atoms with E-state index in [1.807, 2.05) is 43.3 Å². The molecule has 1 unspecified atom stereocenters. The smallest absolute Gasteiger partial charge is 0.191 e. The summed E-state index contributed by atoms with van der Waals surface area (Å²) in [5, 5.41) is 6.66. The number of aliphatic imine (C=N–C) groups is 1. The third-order valence-corrected chi connectivity index (χ3v) is 4.42. The average Bonchev–Trinajstić information content (AvgIpc) is 3.12. The molecule has 2 N–H and O–H groups in total. The van der Waals surface area contributed by atoms with E-state index in [-0.39, 0.29) is 6.10 Å². The molecule has 1 aliphatic heterocycles. The van der Waals surface area contributed by atoms with Crippen LogP contribution in [-0.2, 0) is 13.0 Å². The fourth-order valence-corrected chi connectivity index (χ4v) is 3.08. The van der Waals surface area contributed by atoms with Crippen molar-refractivity contribution in [1.82, 2.24) is 10.6 Å². The van der Waals surface area contributed by atoms with Crippen LogP contribution in [0.4, 0.5) is 0 Å². The maximum Gasteiger partial charge on any atom is 0.191 e. The number of hydrogen-bond acceptors (Lipinski definition) is 4. The van der Waals surface area contributed by atoms with E-state index in [2.05, 4.69) is 21.7 Å². The molecule has 0 spiro atoms. The second-order valence-corrected chi connectivity index (χ2v) is 6.28. The molecule has 2 aromatic carbocycles. The highest BCUT2D eigenvalue weighted by atomic mass is 16.5. The van der Waals surface area contributed by atoms with Crippen LogP contribution in [0.15, 0.2) is 47.5 Å². The summed E-state index contributed by atoms with van der Waals surface area (Å²) in [7, 11) is 3.41. The van der Waals surface area contributed by atoms with Gasteiger partial charge in [0.2, 0.25) is 0 Å². The minimum atomic E-state index is 0.117. The van der Waals surface area contributed by atoms with Gasteiger partial charge in [0.1, 0.15) is 11.9 Å². The number of fused-ring (bicyclic) bond motifs is 1. The maximum absolute atomic E-state index is 5.96. The van der Waals surface area contributed by atoms with Crippen LogP contribution in [0.5, 0.6) is 17.2 Å². The molecule has 0 fully saturated rings. The second kappa shape index (κ2) is 9.16. The van der Waals surface area contributed by atoms with E-state index in [1.165, 1.54) is 5.56 Å². The van der Waals surface area contributed by atoms with Crippen molar-refractivity contribution in [3.05, 3.63) is 53.6 Å². The molecule has 6 heteroatoms. The Bertz CT molecular complexity index is 767. The van der Waals surface area contributed by atoms with Crippen molar-refractivity contribution in [3.8, 4) is 17.2 Å². The standard InChI is InChI=1S/C21H27N3O3/c1-4-26-19-10-9-15(11-20(19)25-3)13-23-21(22-2)24-14-17-12-16-7-5-6-8-18(16)27-17/h5-11,17H,4,12-14H2,1-3H3,(H2,22,23,24). The van der Waals surface area contributed by atoms with Gasteiger partial charge in [-0.05, 0) is 36.2 Å². The van der Waals surface area contributed by atoms with Crippen molar-refractivity contribution < 1.29 is 14.2 Å². The molecule has 27 heavy (non-hydrogen) atoms. The van der Waals surface area contributed by atoms with Gasteiger partial charge in [-0.2, -0.15) is 0 Å². The van der Waals surface area contributed by atoms with E-state index in [4.69, 9.17) is 14.2 Å². The van der Waals surface area contributed by atoms with Crippen molar-refractivity contribution >= 4 is 5.96 Å². The lowest BCUT2D eigenvalue weighted by atomic mass is 10.1. The predicted molar refractivity (Wildman–Crippen MR) is 107 cm³/mol. The fraction of sp³-hybridized carbons (Fsp3) is 0.381. The number of para-hydroxylation sites is 1. The lowest BCUT2D eigenvalue weighted by Crippen LogP contribution is -2.41. The lowest BCUT2D eigenvalue weighted by molar-refractivity contribution is 0.235. The molecule has 1 heterocycles. The summed E-state index contributed by atoms with van der Waals surface area (Å²) in [5.74, 6) is 3.21. The van der Waals surface area contributed by atoms with Gasteiger partial charge < -0.3 is 24.8 Å². The summed E-state index contributed by atoms with van der Waals surface area (Å²) in [6.07, 6.45) is 1.03. The molecular weight excluding hydrogens is 342 g/mol. The Balaban J connectivity index is 1.50. The molecule has 0 aromatic heterocycles. The number of rotatable bonds is 7. The molecule has 2 aromatic rings. The molecule has 0 aliphatic carbocycles. The summed E-state index contributed by atoms with van der Waals surface area (Å²) < 4.78 is 16.9. The monoisotopic (exact) mass is 369 g/mol. The van der Waals surface area contributed by atoms with Crippen LogP contribution in [0.1, 0.15) is 18.1 Å². The zero-order valence-electron chi connectivity index (χ0n) is 16.1. The number of methoxy groups -OCH3 is 1. The van der Waals surface area contributed by atoms with Gasteiger partial charge in [-0.15, -0.1) is 0 Å². The number of nitrogens with one attached hydrogen (secondary N) is 2. The first-order valence-corrected chi connectivity index (χ1v) is 9.22. The predicted octanol–water partition coefficient (Wildman–Crippen LogP) is 2.76. The van der Waals surface area contributed by atoms with Crippen LogP contribution >= 0.6 is 0 Å². The van der Waals surface area contributed by atoms with Gasteiger partial charge in [-0.25, -0.2) is 0 Å². The van der Waals surface area contributed by atoms with Crippen molar-refractivity contribution in [2.24, 2.45) is 4.99 Å². The number of nitrogens with zero attached hydrogens (tertiary/aromatic N) is 1. The van der Waals surface area contributed by atoms with E-state index in [9.17, 15) is 0 Å². The summed E-state index contributed by atoms with van der Waals surface area (Å²) >= 11 is 0. The van der Waals surface area contributed by atoms with Crippen LogP contribution < -0.4 is 24.8 Å². The maximum atomic E-state index is 5.96. The summed E-state index contributed by atoms with van der Waals surface area (Å²) in [6, 6.07) is 14.1. The van der Waals surface area contributed by atoms with Gasteiger partial charge >= 0.3 is 0 Å². The van der Waals surface area contributed by atoms with Crippen LogP contribution in [0.3, 0.4) is 0 Å². The first kappa shape index (κ1) is 18.9. The zero-order chi connectivity index (χ0) is 19.1. The van der Waals surface area contributed by atoms with Gasteiger partial charge in [-0.1, -0.05) is 24.3 Å². The number of ether oxygens (including phenoxy) is 3. The van der Waals surface area contributed by atoms with Crippen LogP contribution in [-0.4, -0.2) is 39.4 Å². The summed E-state index contributed by atoms with van der Waals surface area (Å²) in [5.41, 5.74) is 2.34. The molecule has 144 valence electrons. The van der Waals surface area contributed by atoms with E-state index in [0.717, 1.165) is 35.2 Å². The van der Waals surface area contributed by atoms with E-state index in [0.29, 0.717) is 19.7 Å². The largest absolute Gasteiger partial charge is 0.493 e. The van der Waals surface area contributed by atoms with Crippen molar-refractivity contribution in [1.29, 1.82) is 0 Å². The van der Waals surface area contributed by atoms with E-state index in [1.54, 1.807) is 14.2 Å². The van der Waals surface area contributed by atoms with E-state index >= 15 is 0 Å². The topological polar surface area (TPSA) is 64.1 Å². The first-order chi connectivity index (χ1) is 13.2. The van der Waals surface area contributed by atoms with Gasteiger partial charge in [0.15, 0.2) is 17.5 Å². The normalized spacial score (nSPS) is 15.7. The third kappa shape index (κ3) is 4.84. The van der Waals surface area contributed by atoms with E-state index < -0.39 is 0 Å². The number of guanidine groups is 1. The zero-order valence-corrected chi connectivity index (χ0v) is 16.1. The highest BCUT2D eigenvalue weighted by molar-refractivity contribution is 5.79. The lowest BCUT2D eigenvalue weighted by Gasteiger charge is -2.16. The molecule has 0 saturated heterocycles. The Hall–Kier alpha value is -2.89. The van der Waals surface area contributed by atoms with Crippen molar-refractivity contribution in [2.45, 2.75) is 26.0 Å². The number of hydrogen-bond donors (Lipinski definition) is 2. The van der Waals surface area contributed by atoms with Gasteiger partial charge in [-0.3, -0.25) is 4.99 Å². The molecule has 0 saturated carbocycles. The quantitative estimate of drug-likeness (QED) is 0.580. The molecular formula is C21H27N3O3. The third-order valence-electron chi connectivity index (χ3n) is 4.42. The molecule has 1 aliphatic rings. The Morgan fingerprint density at radius 1 is 1.19 bits per heavy atom. The highest BCUT2D eigenvalue weighted by Gasteiger charge is 2.22. The second-order valence-electron chi connectivity index (χ2n) is 6.28. The Morgan fingerprint density at radius 2 is 2.04 bits per heavy atom. The molecule has 6 nitrogen and oxygen atoms in total. The fourth-order valence-electron chi connectivity index (χ4n) is 3.08. The molecule has 0 amide bonds. The summed E-state index contributed by atoms with van der Waals surface area (Å²) in [4.78, 5) is 4.29. The Kier molecular flexibility index (Phi) is 6.41. The minimum absolute atomic E-state index is 0.117. The summed E-state index contributed by atoms with van der Waals surface area (Å²) in [6.45, 7) is 3.89. The van der Waals surface area contributed by atoms with Gasteiger partial charge in [0, 0.05) is 20.0 Å². The molecule has 1 atom stereocenters. The Morgan fingerprint density at radius 3 is 2.78 bits per heavy atom. The number of benzene rings is 2. The van der Waals surface area contributed by atoms with Crippen LogP contribution in [0.25, 0.3) is 0 Å². The molecule has 0 bridgehead atoms. The first-order valence-electron chi connectivity index (χ1n) is 9.22. The molecule has 0 radical (unpaired) electrons. The Labute approximate surface area is 160 Å². The minimum Gasteiger partial charge on any atom is -0.493 e. The highest BCUT2D eigenvalue weighted by Crippen LogP contribution is 2.28.